The lowest BCUT2D eigenvalue weighted by atomic mass is 10.5. The standard InChI is InChI=1S/C7H14O4S/c1-3-5-11-7(8)4-6-12(2,9)10/h3-6H2,1-2H3. The van der Waals surface area contributed by atoms with Crippen LogP contribution in [0, 0.1) is 0 Å². The summed E-state index contributed by atoms with van der Waals surface area (Å²) < 4.78 is 25.9. The predicted molar refractivity (Wildman–Crippen MR) is 45.6 cm³/mol. The van der Waals surface area contributed by atoms with Gasteiger partial charge in [-0.3, -0.25) is 4.79 Å². The van der Waals surface area contributed by atoms with Crippen molar-refractivity contribution in [2.24, 2.45) is 0 Å². The van der Waals surface area contributed by atoms with Gasteiger partial charge in [-0.25, -0.2) is 8.42 Å². The van der Waals surface area contributed by atoms with E-state index in [2.05, 4.69) is 4.74 Å². The molecule has 0 fully saturated rings. The van der Waals surface area contributed by atoms with Gasteiger partial charge in [0, 0.05) is 6.26 Å². The van der Waals surface area contributed by atoms with Crippen molar-refractivity contribution in [3.63, 3.8) is 0 Å². The van der Waals surface area contributed by atoms with Crippen molar-refractivity contribution in [1.82, 2.24) is 0 Å². The summed E-state index contributed by atoms with van der Waals surface area (Å²) in [7, 11) is -3.05. The minimum Gasteiger partial charge on any atom is -0.466 e. The van der Waals surface area contributed by atoms with Crippen molar-refractivity contribution in [2.45, 2.75) is 19.8 Å². The number of hydrogen-bond acceptors (Lipinski definition) is 4. The molecule has 0 atom stereocenters. The number of hydrogen-bond donors (Lipinski definition) is 0. The molecule has 0 aliphatic rings. The SMILES string of the molecule is CCCOC(=O)CCS(C)(=O)=O. The van der Waals surface area contributed by atoms with E-state index in [0.717, 1.165) is 12.7 Å². The normalized spacial score (nSPS) is 11.2. The molecule has 0 rings (SSSR count). The van der Waals surface area contributed by atoms with Crippen LogP contribution in [0.2, 0.25) is 0 Å². The maximum atomic E-state index is 10.8. The van der Waals surface area contributed by atoms with E-state index in [1.165, 1.54) is 0 Å². The molecule has 0 amide bonds. The van der Waals surface area contributed by atoms with E-state index in [0.29, 0.717) is 6.61 Å². The highest BCUT2D eigenvalue weighted by Gasteiger charge is 2.07. The Hall–Kier alpha value is -0.580. The fourth-order valence-electron chi connectivity index (χ4n) is 0.557. The number of rotatable bonds is 5. The number of sulfone groups is 1. The topological polar surface area (TPSA) is 60.4 Å². The Morgan fingerprint density at radius 1 is 1.42 bits per heavy atom. The average Bonchev–Trinajstić information content (AvgIpc) is 1.95. The Morgan fingerprint density at radius 3 is 2.42 bits per heavy atom. The summed E-state index contributed by atoms with van der Waals surface area (Å²) in [5.74, 6) is -0.572. The molecule has 0 saturated heterocycles. The number of carbonyl (C=O) groups is 1. The van der Waals surface area contributed by atoms with Gasteiger partial charge < -0.3 is 4.74 Å². The summed E-state index contributed by atoms with van der Waals surface area (Å²) in [5, 5.41) is 0. The third-order valence-electron chi connectivity index (χ3n) is 1.14. The number of ether oxygens (including phenoxy) is 1. The van der Waals surface area contributed by atoms with Crippen LogP contribution in [-0.4, -0.2) is 33.0 Å². The zero-order valence-electron chi connectivity index (χ0n) is 7.37. The van der Waals surface area contributed by atoms with Crippen LogP contribution in [0.25, 0.3) is 0 Å². The zero-order valence-corrected chi connectivity index (χ0v) is 8.19. The van der Waals surface area contributed by atoms with Gasteiger partial charge in [-0.2, -0.15) is 0 Å². The molecule has 4 nitrogen and oxygen atoms in total. The van der Waals surface area contributed by atoms with Gasteiger partial charge in [-0.15, -0.1) is 0 Å². The van der Waals surface area contributed by atoms with Gasteiger partial charge in [0.05, 0.1) is 18.8 Å². The maximum absolute atomic E-state index is 10.8. The molecule has 0 unspecified atom stereocenters. The van der Waals surface area contributed by atoms with E-state index in [1.807, 2.05) is 6.92 Å². The molecule has 5 heteroatoms. The largest absolute Gasteiger partial charge is 0.466 e. The van der Waals surface area contributed by atoms with Crippen molar-refractivity contribution >= 4 is 15.8 Å². The van der Waals surface area contributed by atoms with Crippen molar-refractivity contribution in [3.05, 3.63) is 0 Å². The fourth-order valence-corrected chi connectivity index (χ4v) is 1.09. The smallest absolute Gasteiger partial charge is 0.306 e. The van der Waals surface area contributed by atoms with Crippen LogP contribution in [0.3, 0.4) is 0 Å². The minimum absolute atomic E-state index is 0.0428. The molecule has 0 spiro atoms. The molecule has 0 N–H and O–H groups in total. The summed E-state index contributed by atoms with van der Waals surface area (Å²) in [6.45, 7) is 2.24. The van der Waals surface area contributed by atoms with Gasteiger partial charge >= 0.3 is 5.97 Å². The maximum Gasteiger partial charge on any atom is 0.306 e. The lowest BCUT2D eigenvalue weighted by molar-refractivity contribution is -0.143. The van der Waals surface area contributed by atoms with E-state index in [9.17, 15) is 13.2 Å². The molecule has 0 heterocycles. The van der Waals surface area contributed by atoms with Gasteiger partial charge in [0.25, 0.3) is 0 Å². The van der Waals surface area contributed by atoms with Gasteiger partial charge in [0.1, 0.15) is 9.84 Å². The Morgan fingerprint density at radius 2 is 2.00 bits per heavy atom. The molecular formula is C7H14O4S. The molecule has 0 aromatic rings. The van der Waals surface area contributed by atoms with E-state index in [4.69, 9.17) is 0 Å². The monoisotopic (exact) mass is 194 g/mol. The Bertz CT molecular complexity index is 230. The van der Waals surface area contributed by atoms with Gasteiger partial charge in [-0.1, -0.05) is 6.92 Å². The summed E-state index contributed by atoms with van der Waals surface area (Å²) in [5.41, 5.74) is 0. The fraction of sp³-hybridized carbons (Fsp3) is 0.857. The molecule has 72 valence electrons. The summed E-state index contributed by atoms with van der Waals surface area (Å²) in [6, 6.07) is 0. The molecule has 12 heavy (non-hydrogen) atoms. The number of carbonyl (C=O) groups excluding carboxylic acids is 1. The second-order valence-corrected chi connectivity index (χ2v) is 4.86. The highest BCUT2D eigenvalue weighted by molar-refractivity contribution is 7.90. The predicted octanol–water partition coefficient (Wildman–Crippen LogP) is 0.374. The first-order valence-electron chi connectivity index (χ1n) is 3.79. The minimum atomic E-state index is -3.05. The van der Waals surface area contributed by atoms with Crippen LogP contribution in [0.5, 0.6) is 0 Å². The van der Waals surface area contributed by atoms with Crippen LogP contribution in [-0.2, 0) is 19.4 Å². The molecule has 0 radical (unpaired) electrons. The lowest BCUT2D eigenvalue weighted by Gasteiger charge is -2.01. The van der Waals surface area contributed by atoms with Crippen molar-refractivity contribution < 1.29 is 17.9 Å². The van der Waals surface area contributed by atoms with Gasteiger partial charge in [0.15, 0.2) is 0 Å². The second-order valence-electron chi connectivity index (χ2n) is 2.60. The van der Waals surface area contributed by atoms with Crippen molar-refractivity contribution in [3.8, 4) is 0 Å². The van der Waals surface area contributed by atoms with Crippen LogP contribution in [0.15, 0.2) is 0 Å². The van der Waals surface area contributed by atoms with E-state index < -0.39 is 15.8 Å². The Balaban J connectivity index is 3.58. The highest BCUT2D eigenvalue weighted by Crippen LogP contribution is 1.92. The molecule has 0 aromatic heterocycles. The van der Waals surface area contributed by atoms with Crippen molar-refractivity contribution in [1.29, 1.82) is 0 Å². The van der Waals surface area contributed by atoms with Gasteiger partial charge in [0.2, 0.25) is 0 Å². The molecular weight excluding hydrogens is 180 g/mol. The summed E-state index contributed by atoms with van der Waals surface area (Å²) in [4.78, 5) is 10.8. The third-order valence-corrected chi connectivity index (χ3v) is 2.09. The van der Waals surface area contributed by atoms with E-state index >= 15 is 0 Å². The highest BCUT2D eigenvalue weighted by atomic mass is 32.2. The molecule has 0 aliphatic heterocycles. The molecule has 0 bridgehead atoms. The lowest BCUT2D eigenvalue weighted by Crippen LogP contribution is -2.12. The van der Waals surface area contributed by atoms with E-state index in [1.54, 1.807) is 0 Å². The molecule has 0 aromatic carbocycles. The van der Waals surface area contributed by atoms with Crippen molar-refractivity contribution in [2.75, 3.05) is 18.6 Å². The zero-order chi connectivity index (χ0) is 9.61. The van der Waals surface area contributed by atoms with Crippen LogP contribution < -0.4 is 0 Å². The quantitative estimate of drug-likeness (QED) is 0.593. The third kappa shape index (κ3) is 7.53. The van der Waals surface area contributed by atoms with Crippen LogP contribution in [0.1, 0.15) is 19.8 Å². The van der Waals surface area contributed by atoms with Gasteiger partial charge in [-0.05, 0) is 6.42 Å². The summed E-state index contributed by atoms with van der Waals surface area (Å²) in [6.07, 6.45) is 1.81. The first-order valence-corrected chi connectivity index (χ1v) is 5.85. The average molecular weight is 194 g/mol. The van der Waals surface area contributed by atoms with Crippen LogP contribution in [0.4, 0.5) is 0 Å². The molecule has 0 aliphatic carbocycles. The van der Waals surface area contributed by atoms with E-state index in [-0.39, 0.29) is 12.2 Å². The summed E-state index contributed by atoms with van der Waals surface area (Å²) >= 11 is 0. The Labute approximate surface area is 72.8 Å². The first kappa shape index (κ1) is 11.4. The molecule has 0 saturated carbocycles. The Kier molecular flexibility index (Phi) is 4.89. The van der Waals surface area contributed by atoms with Crippen LogP contribution >= 0.6 is 0 Å². The number of esters is 1. The first-order chi connectivity index (χ1) is 5.45. The second kappa shape index (κ2) is 5.13.